The number of carboxylic acid groups (broad SMARTS) is 1. The smallest absolute Gasteiger partial charge is 0.353 e. The van der Waals surface area contributed by atoms with Crippen LogP contribution in [0.1, 0.15) is 31.7 Å². The highest BCUT2D eigenvalue weighted by molar-refractivity contribution is 5.89. The van der Waals surface area contributed by atoms with Gasteiger partial charge in [0.15, 0.2) is 0 Å². The van der Waals surface area contributed by atoms with Gasteiger partial charge in [-0.2, -0.15) is 8.78 Å². The van der Waals surface area contributed by atoms with Crippen molar-refractivity contribution in [3.05, 3.63) is 29.8 Å². The first kappa shape index (κ1) is 17.2. The number of rotatable bonds is 8. The Morgan fingerprint density at radius 3 is 2.61 bits per heavy atom. The molecular weight excluding hydrogens is 308 g/mol. The zero-order chi connectivity index (χ0) is 17.0. The Bertz CT molecular complexity index is 587. The fourth-order valence-corrected chi connectivity index (χ4v) is 2.29. The first-order valence-corrected chi connectivity index (χ1v) is 7.50. The highest BCUT2D eigenvalue weighted by atomic mass is 19.3. The molecular formula is C16H19F2NO4. The maximum atomic E-state index is 14.4. The molecule has 1 amide bonds. The number of alkyl halides is 2. The highest BCUT2D eigenvalue weighted by Crippen LogP contribution is 2.36. The molecule has 1 aliphatic rings. The van der Waals surface area contributed by atoms with Gasteiger partial charge < -0.3 is 15.2 Å². The average molecular weight is 327 g/mol. The summed E-state index contributed by atoms with van der Waals surface area (Å²) in [6.07, 6.45) is 1.90. The molecule has 5 nitrogen and oxygen atoms in total. The van der Waals surface area contributed by atoms with Crippen LogP contribution < -0.4 is 10.1 Å². The highest BCUT2D eigenvalue weighted by Gasteiger charge is 2.45. The van der Waals surface area contributed by atoms with E-state index in [-0.39, 0.29) is 24.7 Å². The molecule has 23 heavy (non-hydrogen) atoms. The standard InChI is InChI=1S/C16H19F2NO4/c1-2-23-13-6-4-3-5-11(13)16(17,18)15(22)19-12(14(20)21)9-10-7-8-10/h3-6,10,12H,2,7-9H2,1H3,(H,19,22)(H,20,21). The van der Waals surface area contributed by atoms with E-state index >= 15 is 0 Å². The van der Waals surface area contributed by atoms with Crippen LogP contribution in [0.25, 0.3) is 0 Å². The van der Waals surface area contributed by atoms with E-state index in [1.54, 1.807) is 6.92 Å². The molecule has 1 atom stereocenters. The van der Waals surface area contributed by atoms with E-state index in [0.29, 0.717) is 0 Å². The summed E-state index contributed by atoms with van der Waals surface area (Å²) in [5.74, 6) is -6.72. The number of amides is 1. The quantitative estimate of drug-likeness (QED) is 0.769. The van der Waals surface area contributed by atoms with Crippen LogP contribution in [0.15, 0.2) is 24.3 Å². The molecule has 2 N–H and O–H groups in total. The monoisotopic (exact) mass is 327 g/mol. The number of halogens is 2. The second-order valence-electron chi connectivity index (χ2n) is 5.55. The molecule has 0 heterocycles. The molecule has 0 spiro atoms. The van der Waals surface area contributed by atoms with E-state index < -0.39 is 29.4 Å². The second-order valence-corrected chi connectivity index (χ2v) is 5.55. The van der Waals surface area contributed by atoms with E-state index in [0.717, 1.165) is 18.9 Å². The summed E-state index contributed by atoms with van der Waals surface area (Å²) in [5.41, 5.74) is -0.574. The fraction of sp³-hybridized carbons (Fsp3) is 0.500. The van der Waals surface area contributed by atoms with Crippen LogP contribution in [0.3, 0.4) is 0 Å². The summed E-state index contributed by atoms with van der Waals surface area (Å²) >= 11 is 0. The summed E-state index contributed by atoms with van der Waals surface area (Å²) in [7, 11) is 0. The van der Waals surface area contributed by atoms with Crippen molar-refractivity contribution in [1.29, 1.82) is 0 Å². The maximum Gasteiger partial charge on any atom is 0.353 e. The number of benzene rings is 1. The molecule has 126 valence electrons. The molecule has 2 rings (SSSR count). The zero-order valence-electron chi connectivity index (χ0n) is 12.7. The normalized spacial score (nSPS) is 15.8. The predicted octanol–water partition coefficient (Wildman–Crippen LogP) is 2.55. The van der Waals surface area contributed by atoms with Crippen molar-refractivity contribution in [3.63, 3.8) is 0 Å². The molecule has 7 heteroatoms. The molecule has 1 aromatic rings. The maximum absolute atomic E-state index is 14.4. The van der Waals surface area contributed by atoms with Gasteiger partial charge >= 0.3 is 11.9 Å². The molecule has 0 bridgehead atoms. The molecule has 0 radical (unpaired) electrons. The van der Waals surface area contributed by atoms with Gasteiger partial charge in [0.2, 0.25) is 0 Å². The Balaban J connectivity index is 2.16. The average Bonchev–Trinajstić information content (AvgIpc) is 3.31. The number of hydrogen-bond donors (Lipinski definition) is 2. The number of carbonyl (C=O) groups is 2. The number of carboxylic acids is 1. The van der Waals surface area contributed by atoms with Crippen LogP contribution in [-0.4, -0.2) is 29.6 Å². The Morgan fingerprint density at radius 2 is 2.04 bits per heavy atom. The first-order valence-electron chi connectivity index (χ1n) is 7.50. The number of carbonyl (C=O) groups excluding carboxylic acids is 1. The van der Waals surface area contributed by atoms with Gasteiger partial charge in [-0.3, -0.25) is 4.79 Å². The SMILES string of the molecule is CCOc1ccccc1C(F)(F)C(=O)NC(CC1CC1)C(=O)O. The van der Waals surface area contributed by atoms with Gasteiger partial charge in [-0.05, 0) is 31.4 Å². The number of nitrogens with one attached hydrogen (secondary N) is 1. The van der Waals surface area contributed by atoms with Crippen molar-refractivity contribution in [2.45, 2.75) is 38.2 Å². The van der Waals surface area contributed by atoms with Crippen molar-refractivity contribution < 1.29 is 28.2 Å². The molecule has 0 saturated heterocycles. The van der Waals surface area contributed by atoms with E-state index in [9.17, 15) is 18.4 Å². The van der Waals surface area contributed by atoms with Crippen molar-refractivity contribution in [2.75, 3.05) is 6.61 Å². The van der Waals surface area contributed by atoms with Gasteiger partial charge in [0, 0.05) is 0 Å². The third kappa shape index (κ3) is 4.18. The minimum atomic E-state index is -3.87. The Morgan fingerprint density at radius 1 is 1.39 bits per heavy atom. The van der Waals surface area contributed by atoms with Crippen LogP contribution in [0.2, 0.25) is 0 Å². The Labute approximate surface area is 132 Å². The minimum absolute atomic E-state index is 0.0933. The third-order valence-electron chi connectivity index (χ3n) is 3.68. The first-order chi connectivity index (χ1) is 10.9. The predicted molar refractivity (Wildman–Crippen MR) is 78.4 cm³/mol. The lowest BCUT2D eigenvalue weighted by atomic mass is 10.0. The number of para-hydroxylation sites is 1. The number of ether oxygens (including phenoxy) is 1. The van der Waals surface area contributed by atoms with Crippen LogP contribution >= 0.6 is 0 Å². The molecule has 0 aliphatic heterocycles. The van der Waals surface area contributed by atoms with E-state index in [2.05, 4.69) is 0 Å². The Hall–Kier alpha value is -2.18. The van der Waals surface area contributed by atoms with Crippen molar-refractivity contribution in [2.24, 2.45) is 5.92 Å². The van der Waals surface area contributed by atoms with Gasteiger partial charge in [-0.1, -0.05) is 25.0 Å². The molecule has 1 aromatic carbocycles. The topological polar surface area (TPSA) is 75.6 Å². The van der Waals surface area contributed by atoms with E-state index in [4.69, 9.17) is 9.84 Å². The van der Waals surface area contributed by atoms with Gasteiger partial charge in [0.05, 0.1) is 12.2 Å². The van der Waals surface area contributed by atoms with Gasteiger partial charge in [-0.15, -0.1) is 0 Å². The second kappa shape index (κ2) is 6.93. The van der Waals surface area contributed by atoms with Crippen molar-refractivity contribution in [1.82, 2.24) is 5.32 Å². The number of hydrogen-bond acceptors (Lipinski definition) is 3. The van der Waals surface area contributed by atoms with E-state index in [1.165, 1.54) is 18.2 Å². The van der Waals surface area contributed by atoms with Crippen LogP contribution in [0.4, 0.5) is 8.78 Å². The Kier molecular flexibility index (Phi) is 5.18. The molecule has 1 fully saturated rings. The van der Waals surface area contributed by atoms with Crippen LogP contribution in [-0.2, 0) is 15.5 Å². The lowest BCUT2D eigenvalue weighted by Gasteiger charge is -2.22. The molecule has 1 unspecified atom stereocenters. The van der Waals surface area contributed by atoms with Crippen molar-refractivity contribution >= 4 is 11.9 Å². The summed E-state index contributed by atoms with van der Waals surface area (Å²) in [6.45, 7) is 1.82. The van der Waals surface area contributed by atoms with Crippen LogP contribution in [0.5, 0.6) is 5.75 Å². The van der Waals surface area contributed by atoms with Crippen LogP contribution in [0, 0.1) is 5.92 Å². The van der Waals surface area contributed by atoms with Gasteiger partial charge in [0.1, 0.15) is 11.8 Å². The lowest BCUT2D eigenvalue weighted by Crippen LogP contribution is -2.47. The number of aliphatic carboxylic acids is 1. The molecule has 1 saturated carbocycles. The summed E-state index contributed by atoms with van der Waals surface area (Å²) in [5, 5.41) is 11.0. The summed E-state index contributed by atoms with van der Waals surface area (Å²) < 4.78 is 34.0. The van der Waals surface area contributed by atoms with Crippen molar-refractivity contribution in [3.8, 4) is 5.75 Å². The van der Waals surface area contributed by atoms with Gasteiger partial charge in [0.25, 0.3) is 5.91 Å². The largest absolute Gasteiger partial charge is 0.493 e. The molecule has 0 aromatic heterocycles. The minimum Gasteiger partial charge on any atom is -0.493 e. The fourth-order valence-electron chi connectivity index (χ4n) is 2.29. The van der Waals surface area contributed by atoms with E-state index in [1.807, 2.05) is 5.32 Å². The third-order valence-corrected chi connectivity index (χ3v) is 3.68. The summed E-state index contributed by atoms with van der Waals surface area (Å²) in [4.78, 5) is 23.1. The lowest BCUT2D eigenvalue weighted by molar-refractivity contribution is -0.152. The zero-order valence-corrected chi connectivity index (χ0v) is 12.7. The van der Waals surface area contributed by atoms with Gasteiger partial charge in [-0.25, -0.2) is 4.79 Å². The molecule has 1 aliphatic carbocycles. The summed E-state index contributed by atoms with van der Waals surface area (Å²) in [6, 6.07) is 4.04.